The maximum Gasteiger partial charge on any atom is 0.0983 e. The normalized spacial score (nSPS) is 12.7. The van der Waals surface area contributed by atoms with Crippen LogP contribution in [0.5, 0.6) is 0 Å². The Bertz CT molecular complexity index is 522. The molecule has 2 rings (SSSR count). The van der Waals surface area contributed by atoms with Gasteiger partial charge in [-0.3, -0.25) is 0 Å². The lowest BCUT2D eigenvalue weighted by molar-refractivity contribution is 0.156. The number of rotatable bonds is 3. The molecular weight excluding hydrogens is 236 g/mol. The van der Waals surface area contributed by atoms with Crippen molar-refractivity contribution in [3.05, 3.63) is 52.6 Å². The Morgan fingerprint density at radius 1 is 1.35 bits per heavy atom. The van der Waals surface area contributed by atoms with Crippen LogP contribution in [0.15, 0.2) is 30.6 Å². The molecule has 4 heteroatoms. The predicted octanol–water partition coefficient (Wildman–Crippen LogP) is 2.89. The van der Waals surface area contributed by atoms with E-state index >= 15 is 0 Å². The molecule has 0 saturated carbocycles. The number of aliphatic hydroxyl groups is 1. The van der Waals surface area contributed by atoms with Crippen LogP contribution in [0.4, 0.5) is 0 Å². The molecule has 1 aromatic carbocycles. The molecule has 0 fully saturated rings. The van der Waals surface area contributed by atoms with Gasteiger partial charge in [-0.15, -0.1) is 0 Å². The quantitative estimate of drug-likeness (QED) is 0.910. The van der Waals surface area contributed by atoms with Gasteiger partial charge >= 0.3 is 0 Å². The summed E-state index contributed by atoms with van der Waals surface area (Å²) in [5.74, 6) is 0. The summed E-state index contributed by atoms with van der Waals surface area (Å²) in [4.78, 5) is 4.20. The third kappa shape index (κ3) is 2.51. The number of nitrogens with zero attached hydrogens (tertiary/aromatic N) is 2. The smallest absolute Gasteiger partial charge is 0.0983 e. The lowest BCUT2D eigenvalue weighted by Gasteiger charge is -2.14. The van der Waals surface area contributed by atoms with Crippen LogP contribution < -0.4 is 0 Å². The number of benzene rings is 1. The molecule has 3 nitrogen and oxygen atoms in total. The molecule has 1 atom stereocenters. The molecule has 1 heterocycles. The Morgan fingerprint density at radius 2 is 2.06 bits per heavy atom. The zero-order chi connectivity index (χ0) is 12.4. The number of hydrogen-bond acceptors (Lipinski definition) is 2. The molecule has 17 heavy (non-hydrogen) atoms. The number of halogens is 1. The third-order valence-corrected chi connectivity index (χ3v) is 3.32. The van der Waals surface area contributed by atoms with Gasteiger partial charge in [-0.1, -0.05) is 29.8 Å². The van der Waals surface area contributed by atoms with Crippen LogP contribution in [0.25, 0.3) is 0 Å². The van der Waals surface area contributed by atoms with E-state index in [1.165, 1.54) is 0 Å². The maximum absolute atomic E-state index is 10.2. The van der Waals surface area contributed by atoms with Crippen molar-refractivity contribution in [2.24, 2.45) is 0 Å². The summed E-state index contributed by atoms with van der Waals surface area (Å²) < 4.78 is 1.93. The highest BCUT2D eigenvalue weighted by atomic mass is 35.5. The molecule has 0 aliphatic carbocycles. The van der Waals surface area contributed by atoms with Crippen molar-refractivity contribution < 1.29 is 5.11 Å². The molecule has 1 aromatic heterocycles. The summed E-state index contributed by atoms with van der Waals surface area (Å²) >= 11 is 6.05. The van der Waals surface area contributed by atoms with Gasteiger partial charge in [0, 0.05) is 16.3 Å². The second-order valence-corrected chi connectivity index (χ2v) is 4.51. The van der Waals surface area contributed by atoms with E-state index in [2.05, 4.69) is 4.98 Å². The van der Waals surface area contributed by atoms with Gasteiger partial charge in [0.2, 0.25) is 0 Å². The van der Waals surface area contributed by atoms with Crippen LogP contribution in [0.1, 0.15) is 23.1 Å². The van der Waals surface area contributed by atoms with Gasteiger partial charge in [-0.2, -0.15) is 0 Å². The van der Waals surface area contributed by atoms with E-state index in [1.807, 2.05) is 36.6 Å². The first kappa shape index (κ1) is 12.1. The standard InChI is InChI=1S/C13H15ClN2O/c1-9-10(2)16(8-15-9)7-13(17)11-5-3-4-6-12(11)14/h3-6,8,13,17H,7H2,1-2H3. The van der Waals surface area contributed by atoms with Gasteiger partial charge in [0.25, 0.3) is 0 Å². The van der Waals surface area contributed by atoms with E-state index in [0.717, 1.165) is 17.0 Å². The Kier molecular flexibility index (Phi) is 3.50. The highest BCUT2D eigenvalue weighted by Gasteiger charge is 2.13. The highest BCUT2D eigenvalue weighted by molar-refractivity contribution is 6.31. The lowest BCUT2D eigenvalue weighted by atomic mass is 10.1. The van der Waals surface area contributed by atoms with E-state index in [-0.39, 0.29) is 0 Å². The van der Waals surface area contributed by atoms with E-state index in [4.69, 9.17) is 11.6 Å². The molecule has 1 unspecified atom stereocenters. The zero-order valence-corrected chi connectivity index (χ0v) is 10.6. The van der Waals surface area contributed by atoms with Gasteiger partial charge in [-0.25, -0.2) is 4.98 Å². The summed E-state index contributed by atoms with van der Waals surface area (Å²) in [5, 5.41) is 10.7. The maximum atomic E-state index is 10.2. The molecule has 2 aromatic rings. The second-order valence-electron chi connectivity index (χ2n) is 4.11. The number of aryl methyl sites for hydroxylation is 1. The molecule has 0 bridgehead atoms. The average Bonchev–Trinajstić information content (AvgIpc) is 2.61. The minimum Gasteiger partial charge on any atom is -0.386 e. The first-order chi connectivity index (χ1) is 8.09. The van der Waals surface area contributed by atoms with Crippen molar-refractivity contribution in [2.75, 3.05) is 0 Å². The van der Waals surface area contributed by atoms with E-state index in [9.17, 15) is 5.11 Å². The minimum absolute atomic E-state index is 0.469. The Morgan fingerprint density at radius 3 is 2.65 bits per heavy atom. The lowest BCUT2D eigenvalue weighted by Crippen LogP contribution is -2.09. The summed E-state index contributed by atoms with van der Waals surface area (Å²) in [5.41, 5.74) is 2.80. The molecule has 0 spiro atoms. The molecule has 0 aliphatic rings. The molecule has 0 saturated heterocycles. The van der Waals surface area contributed by atoms with Gasteiger partial charge in [0.05, 0.1) is 24.7 Å². The average molecular weight is 251 g/mol. The van der Waals surface area contributed by atoms with Crippen LogP contribution in [-0.4, -0.2) is 14.7 Å². The van der Waals surface area contributed by atoms with Gasteiger partial charge in [-0.05, 0) is 19.9 Å². The van der Waals surface area contributed by atoms with Crippen LogP contribution in [0.3, 0.4) is 0 Å². The molecule has 0 amide bonds. The van der Waals surface area contributed by atoms with E-state index in [1.54, 1.807) is 12.4 Å². The fraction of sp³-hybridized carbons (Fsp3) is 0.308. The van der Waals surface area contributed by atoms with Crippen molar-refractivity contribution in [1.82, 2.24) is 9.55 Å². The predicted molar refractivity (Wildman–Crippen MR) is 68.1 cm³/mol. The summed E-state index contributed by atoms with van der Waals surface area (Å²) in [6.07, 6.45) is 1.13. The fourth-order valence-corrected chi connectivity index (χ4v) is 2.02. The first-order valence-corrected chi connectivity index (χ1v) is 5.88. The Hall–Kier alpha value is -1.32. The van der Waals surface area contributed by atoms with Crippen molar-refractivity contribution in [2.45, 2.75) is 26.5 Å². The Balaban J connectivity index is 2.20. The van der Waals surface area contributed by atoms with Crippen molar-refractivity contribution in [1.29, 1.82) is 0 Å². The van der Waals surface area contributed by atoms with Crippen LogP contribution >= 0.6 is 11.6 Å². The van der Waals surface area contributed by atoms with Crippen molar-refractivity contribution in [3.8, 4) is 0 Å². The minimum atomic E-state index is -0.615. The number of aromatic nitrogens is 2. The summed E-state index contributed by atoms with van der Waals surface area (Å²) in [6, 6.07) is 7.35. The largest absolute Gasteiger partial charge is 0.386 e. The topological polar surface area (TPSA) is 38.0 Å². The molecule has 0 radical (unpaired) electrons. The van der Waals surface area contributed by atoms with Gasteiger partial charge in [0.1, 0.15) is 0 Å². The van der Waals surface area contributed by atoms with Crippen LogP contribution in [-0.2, 0) is 6.54 Å². The Labute approximate surface area is 106 Å². The van der Waals surface area contributed by atoms with Gasteiger partial charge in [0.15, 0.2) is 0 Å². The third-order valence-electron chi connectivity index (χ3n) is 2.98. The number of imidazole rings is 1. The fourth-order valence-electron chi connectivity index (χ4n) is 1.76. The monoisotopic (exact) mass is 250 g/mol. The number of aliphatic hydroxyl groups excluding tert-OH is 1. The molecule has 0 aliphatic heterocycles. The van der Waals surface area contributed by atoms with Crippen LogP contribution in [0.2, 0.25) is 5.02 Å². The number of hydrogen-bond donors (Lipinski definition) is 1. The van der Waals surface area contributed by atoms with E-state index in [0.29, 0.717) is 11.6 Å². The van der Waals surface area contributed by atoms with Gasteiger partial charge < -0.3 is 9.67 Å². The highest BCUT2D eigenvalue weighted by Crippen LogP contribution is 2.24. The summed E-state index contributed by atoms with van der Waals surface area (Å²) in [7, 11) is 0. The molecule has 1 N–H and O–H groups in total. The van der Waals surface area contributed by atoms with Crippen LogP contribution in [0, 0.1) is 13.8 Å². The second kappa shape index (κ2) is 4.90. The first-order valence-electron chi connectivity index (χ1n) is 5.50. The molecular formula is C13H15ClN2O. The molecule has 90 valence electrons. The van der Waals surface area contributed by atoms with Crippen molar-refractivity contribution in [3.63, 3.8) is 0 Å². The zero-order valence-electron chi connectivity index (χ0n) is 9.89. The SMILES string of the molecule is Cc1ncn(CC(O)c2ccccc2Cl)c1C. The summed E-state index contributed by atoms with van der Waals surface area (Å²) in [6.45, 7) is 4.41. The van der Waals surface area contributed by atoms with Crippen molar-refractivity contribution >= 4 is 11.6 Å². The van der Waals surface area contributed by atoms with E-state index < -0.39 is 6.10 Å².